The van der Waals surface area contributed by atoms with Crippen molar-refractivity contribution in [3.05, 3.63) is 58.6 Å². The first-order valence-electron chi connectivity index (χ1n) is 6.22. The fraction of sp³-hybridized carbons (Fsp3) is 0.133. The molecule has 0 spiro atoms. The maximum Gasteiger partial charge on any atom is 0.335 e. The maximum absolute atomic E-state index is 11.8. The van der Waals surface area contributed by atoms with Crippen molar-refractivity contribution in [3.8, 4) is 5.75 Å². The Labute approximate surface area is 133 Å². The Kier molecular flexibility index (Phi) is 4.73. The molecule has 2 aromatic rings. The zero-order valence-electron chi connectivity index (χ0n) is 11.6. The average Bonchev–Trinajstić information content (AvgIpc) is 2.45. The number of carbonyl (C=O) groups is 1. The van der Waals surface area contributed by atoms with Crippen LogP contribution in [0.15, 0.2) is 47.4 Å². The van der Waals surface area contributed by atoms with Gasteiger partial charge in [-0.15, -0.1) is 0 Å². The smallest absolute Gasteiger partial charge is 0.335 e. The van der Waals surface area contributed by atoms with Gasteiger partial charge in [-0.25, -0.2) is 13.2 Å². The van der Waals surface area contributed by atoms with Gasteiger partial charge in [0.1, 0.15) is 12.4 Å². The third-order valence-corrected chi connectivity index (χ3v) is 4.35. The second kappa shape index (κ2) is 6.37. The summed E-state index contributed by atoms with van der Waals surface area (Å²) in [6, 6.07) is 10.6. The van der Waals surface area contributed by atoms with Crippen LogP contribution in [0.5, 0.6) is 5.75 Å². The Balaban J connectivity index is 2.30. The number of hydrogen-bond donors (Lipinski definition) is 1. The van der Waals surface area contributed by atoms with E-state index in [-0.39, 0.29) is 17.1 Å². The van der Waals surface area contributed by atoms with Crippen molar-refractivity contribution in [1.82, 2.24) is 0 Å². The summed E-state index contributed by atoms with van der Waals surface area (Å²) in [5, 5.41) is 9.53. The summed E-state index contributed by atoms with van der Waals surface area (Å²) in [5.74, 6) is -0.652. The predicted molar refractivity (Wildman–Crippen MR) is 82.3 cm³/mol. The third-order valence-electron chi connectivity index (χ3n) is 2.92. The van der Waals surface area contributed by atoms with E-state index < -0.39 is 15.8 Å². The molecule has 2 rings (SSSR count). The molecule has 116 valence electrons. The number of halogens is 1. The van der Waals surface area contributed by atoms with Crippen LogP contribution in [0.4, 0.5) is 0 Å². The van der Waals surface area contributed by atoms with Crippen LogP contribution < -0.4 is 4.74 Å². The van der Waals surface area contributed by atoms with Crippen molar-refractivity contribution in [1.29, 1.82) is 0 Å². The van der Waals surface area contributed by atoms with E-state index in [2.05, 4.69) is 0 Å². The van der Waals surface area contributed by atoms with Crippen LogP contribution in [0.25, 0.3) is 0 Å². The van der Waals surface area contributed by atoms with Crippen molar-refractivity contribution in [2.75, 3.05) is 6.26 Å². The first kappa shape index (κ1) is 16.3. The SMILES string of the molecule is CS(=O)(=O)c1cc(C(=O)O)ccc1COc1ccc(Cl)cc1. The molecule has 0 saturated carbocycles. The zero-order valence-corrected chi connectivity index (χ0v) is 13.2. The highest BCUT2D eigenvalue weighted by Gasteiger charge is 2.17. The largest absolute Gasteiger partial charge is 0.489 e. The molecule has 0 aliphatic carbocycles. The lowest BCUT2D eigenvalue weighted by molar-refractivity contribution is 0.0696. The number of sulfone groups is 1. The van der Waals surface area contributed by atoms with Gasteiger partial charge in [0.2, 0.25) is 0 Å². The molecular formula is C15H13ClO5S. The lowest BCUT2D eigenvalue weighted by atomic mass is 10.1. The molecule has 0 atom stereocenters. The van der Waals surface area contributed by atoms with Crippen molar-refractivity contribution in [2.24, 2.45) is 0 Å². The molecule has 5 nitrogen and oxygen atoms in total. The highest BCUT2D eigenvalue weighted by Crippen LogP contribution is 2.21. The molecule has 0 heterocycles. The summed E-state index contributed by atoms with van der Waals surface area (Å²) in [7, 11) is -3.57. The molecular weight excluding hydrogens is 328 g/mol. The van der Waals surface area contributed by atoms with Gasteiger partial charge >= 0.3 is 5.97 Å². The standard InChI is InChI=1S/C15H13ClO5S/c1-22(19,20)14-8-10(15(17)18)2-3-11(14)9-21-13-6-4-12(16)5-7-13/h2-8H,9H2,1H3,(H,17,18). The van der Waals surface area contributed by atoms with Crippen LogP contribution in [-0.2, 0) is 16.4 Å². The zero-order chi connectivity index (χ0) is 16.3. The van der Waals surface area contributed by atoms with Crippen LogP contribution in [-0.4, -0.2) is 25.7 Å². The summed E-state index contributed by atoms with van der Waals surface area (Å²) in [5.41, 5.74) is 0.304. The highest BCUT2D eigenvalue weighted by atomic mass is 35.5. The minimum atomic E-state index is -3.57. The van der Waals surface area contributed by atoms with Gasteiger partial charge in [-0.2, -0.15) is 0 Å². The molecule has 22 heavy (non-hydrogen) atoms. The number of carboxylic acid groups (broad SMARTS) is 1. The molecule has 0 saturated heterocycles. The fourth-order valence-electron chi connectivity index (χ4n) is 1.84. The van der Waals surface area contributed by atoms with E-state index in [1.54, 1.807) is 24.3 Å². The maximum atomic E-state index is 11.8. The molecule has 0 radical (unpaired) electrons. The predicted octanol–water partition coefficient (Wildman–Crippen LogP) is 3.02. The van der Waals surface area contributed by atoms with E-state index in [1.807, 2.05) is 0 Å². The molecule has 2 aromatic carbocycles. The van der Waals surface area contributed by atoms with Crippen molar-refractivity contribution < 1.29 is 23.1 Å². The van der Waals surface area contributed by atoms with E-state index in [1.165, 1.54) is 12.1 Å². The summed E-state index contributed by atoms with van der Waals surface area (Å²) in [4.78, 5) is 10.9. The van der Waals surface area contributed by atoms with Crippen LogP contribution in [0, 0.1) is 0 Å². The van der Waals surface area contributed by atoms with Crippen LogP contribution >= 0.6 is 11.6 Å². The van der Waals surface area contributed by atoms with Gasteiger partial charge in [0, 0.05) is 16.8 Å². The number of carboxylic acids is 1. The minimum absolute atomic E-state index is 0.00390. The Morgan fingerprint density at radius 1 is 1.18 bits per heavy atom. The quantitative estimate of drug-likeness (QED) is 0.904. The monoisotopic (exact) mass is 340 g/mol. The molecule has 0 bridgehead atoms. The van der Waals surface area contributed by atoms with Gasteiger partial charge in [-0.3, -0.25) is 0 Å². The molecule has 0 aliphatic heterocycles. The number of hydrogen-bond acceptors (Lipinski definition) is 4. The number of ether oxygens (including phenoxy) is 1. The third kappa shape index (κ3) is 3.99. The van der Waals surface area contributed by atoms with Crippen LogP contribution in [0.1, 0.15) is 15.9 Å². The summed E-state index contributed by atoms with van der Waals surface area (Å²) in [6.45, 7) is 0.00390. The number of rotatable bonds is 5. The van der Waals surface area contributed by atoms with E-state index in [0.717, 1.165) is 12.3 Å². The Hall–Kier alpha value is -2.05. The number of aromatic carboxylic acids is 1. The first-order valence-corrected chi connectivity index (χ1v) is 8.49. The lowest BCUT2D eigenvalue weighted by Crippen LogP contribution is -2.08. The van der Waals surface area contributed by atoms with Gasteiger partial charge in [0.05, 0.1) is 10.5 Å². The highest BCUT2D eigenvalue weighted by molar-refractivity contribution is 7.90. The van der Waals surface area contributed by atoms with Gasteiger partial charge in [-0.1, -0.05) is 17.7 Å². The summed E-state index contributed by atoms with van der Waals surface area (Å²) >= 11 is 5.77. The number of benzene rings is 2. The molecule has 0 aliphatic rings. The van der Waals surface area contributed by atoms with Gasteiger partial charge in [0.15, 0.2) is 9.84 Å². The Bertz CT molecular complexity index is 797. The van der Waals surface area contributed by atoms with E-state index in [0.29, 0.717) is 16.3 Å². The van der Waals surface area contributed by atoms with Gasteiger partial charge in [0.25, 0.3) is 0 Å². The lowest BCUT2D eigenvalue weighted by Gasteiger charge is -2.11. The normalized spacial score (nSPS) is 11.2. The van der Waals surface area contributed by atoms with E-state index in [4.69, 9.17) is 21.4 Å². The molecule has 0 unspecified atom stereocenters. The average molecular weight is 341 g/mol. The molecule has 1 N–H and O–H groups in total. The minimum Gasteiger partial charge on any atom is -0.489 e. The van der Waals surface area contributed by atoms with Crippen LogP contribution in [0.3, 0.4) is 0 Å². The topological polar surface area (TPSA) is 80.7 Å². The molecule has 7 heteroatoms. The van der Waals surface area contributed by atoms with Gasteiger partial charge < -0.3 is 9.84 Å². The van der Waals surface area contributed by atoms with E-state index >= 15 is 0 Å². The van der Waals surface area contributed by atoms with Crippen molar-refractivity contribution in [3.63, 3.8) is 0 Å². The Morgan fingerprint density at radius 2 is 1.82 bits per heavy atom. The molecule has 0 amide bonds. The van der Waals surface area contributed by atoms with E-state index in [9.17, 15) is 13.2 Å². The van der Waals surface area contributed by atoms with Gasteiger partial charge in [-0.05, 0) is 36.4 Å². The fourth-order valence-corrected chi connectivity index (χ4v) is 2.91. The summed E-state index contributed by atoms with van der Waals surface area (Å²) in [6.07, 6.45) is 1.03. The van der Waals surface area contributed by atoms with Crippen LogP contribution in [0.2, 0.25) is 5.02 Å². The second-order valence-electron chi connectivity index (χ2n) is 4.64. The van der Waals surface area contributed by atoms with Crippen molar-refractivity contribution >= 4 is 27.4 Å². The molecule has 0 aromatic heterocycles. The summed E-state index contributed by atoms with van der Waals surface area (Å²) < 4.78 is 29.1. The van der Waals surface area contributed by atoms with Crippen molar-refractivity contribution in [2.45, 2.75) is 11.5 Å². The first-order chi connectivity index (χ1) is 10.3. The molecule has 0 fully saturated rings. The second-order valence-corrected chi connectivity index (χ2v) is 7.06. The Morgan fingerprint density at radius 3 is 2.36 bits per heavy atom.